The molecule has 0 saturated carbocycles. The molecule has 0 N–H and O–H groups in total. The smallest absolute Gasteiger partial charge is 0.208 e. The molecule has 3 aliphatic carbocycles. The number of allylic oxidation sites excluding steroid dienone is 7. The Balaban J connectivity index is 1.13. The number of anilines is 1. The number of Topliss-reactive ketones (excluding diaryl/α,β-unsaturated/α-hetero) is 1. The molecule has 0 amide bonds. The molecule has 0 aromatic heterocycles. The number of hydrogen-bond donors (Lipinski definition) is 0. The molecule has 268 valence electrons. The molecular formula is C49H36F2N2O2. The molecule has 2 unspecified atom stereocenters. The van der Waals surface area contributed by atoms with E-state index in [1.165, 1.54) is 29.8 Å². The van der Waals surface area contributed by atoms with Gasteiger partial charge < -0.3 is 9.64 Å². The fraction of sp³-hybridized carbons (Fsp3) is 0.143. The fourth-order valence-corrected chi connectivity index (χ4v) is 9.44. The molecule has 10 rings (SSSR count). The van der Waals surface area contributed by atoms with Crippen LogP contribution in [0.5, 0.6) is 0 Å². The fourth-order valence-electron chi connectivity index (χ4n) is 9.44. The molecule has 0 bridgehead atoms. The van der Waals surface area contributed by atoms with Crippen molar-refractivity contribution in [2.75, 3.05) is 11.9 Å². The minimum Gasteiger partial charge on any atom is -0.473 e. The van der Waals surface area contributed by atoms with Crippen LogP contribution < -0.4 is 4.90 Å². The summed E-state index contributed by atoms with van der Waals surface area (Å²) in [7, 11) is 2.05. The number of ether oxygens (including phenoxy) is 1. The minimum absolute atomic E-state index is 0.0968. The molecule has 0 saturated heterocycles. The summed E-state index contributed by atoms with van der Waals surface area (Å²) in [5.74, 6) is -0.696. The first-order chi connectivity index (χ1) is 26.7. The number of carbonyl (C=O) groups excluding carboxylic acids is 1. The van der Waals surface area contributed by atoms with E-state index in [4.69, 9.17) is 9.73 Å². The van der Waals surface area contributed by atoms with Gasteiger partial charge in [-0.05, 0) is 64.7 Å². The number of carbonyl (C=O) groups is 1. The number of fused-ring (bicyclic) bond motifs is 10. The number of aliphatic imine (C=N–C) groups is 1. The number of likely N-dealkylation sites (N-methyl/N-ethyl adjacent to an activating group) is 1. The maximum absolute atomic E-state index is 14.8. The SMILES string of the molecule is CN1/C(=C\N=C2C(=O)C3=CC=C4C5=C(C=CC(c6ccc(F)cc6)(c6ccc(F)cc6)O5)c5ccccc5C4C3c3ccccc32)C(C)(C)c2ccccc21. The first kappa shape index (κ1) is 33.2. The Morgan fingerprint density at radius 2 is 1.27 bits per heavy atom. The molecule has 2 atom stereocenters. The summed E-state index contributed by atoms with van der Waals surface area (Å²) in [5, 5.41) is 0. The first-order valence-corrected chi connectivity index (χ1v) is 18.6. The predicted octanol–water partition coefficient (Wildman–Crippen LogP) is 10.6. The molecule has 5 aromatic rings. The Morgan fingerprint density at radius 1 is 0.709 bits per heavy atom. The van der Waals surface area contributed by atoms with Crippen LogP contribution in [-0.4, -0.2) is 18.5 Å². The average molecular weight is 723 g/mol. The van der Waals surface area contributed by atoms with E-state index in [-0.39, 0.29) is 34.7 Å². The van der Waals surface area contributed by atoms with Crippen molar-refractivity contribution in [2.24, 2.45) is 4.99 Å². The predicted molar refractivity (Wildman–Crippen MR) is 213 cm³/mol. The largest absolute Gasteiger partial charge is 0.473 e. The Kier molecular flexibility index (Phi) is 7.27. The van der Waals surface area contributed by atoms with E-state index in [0.29, 0.717) is 28.2 Å². The summed E-state index contributed by atoms with van der Waals surface area (Å²) in [4.78, 5) is 22.0. The van der Waals surface area contributed by atoms with E-state index in [1.807, 2.05) is 60.8 Å². The van der Waals surface area contributed by atoms with Crippen molar-refractivity contribution in [2.45, 2.75) is 36.7 Å². The quantitative estimate of drug-likeness (QED) is 0.186. The normalized spacial score (nSPS) is 22.5. The molecule has 2 aliphatic heterocycles. The van der Waals surface area contributed by atoms with Gasteiger partial charge >= 0.3 is 0 Å². The van der Waals surface area contributed by atoms with Crippen LogP contribution in [0.1, 0.15) is 64.6 Å². The highest BCUT2D eigenvalue weighted by Crippen LogP contribution is 2.58. The van der Waals surface area contributed by atoms with Gasteiger partial charge in [-0.2, -0.15) is 0 Å². The van der Waals surface area contributed by atoms with Crippen molar-refractivity contribution < 1.29 is 18.3 Å². The van der Waals surface area contributed by atoms with Crippen molar-refractivity contribution in [3.63, 3.8) is 0 Å². The van der Waals surface area contributed by atoms with Crippen molar-refractivity contribution in [3.05, 3.63) is 225 Å². The van der Waals surface area contributed by atoms with Crippen molar-refractivity contribution in [1.82, 2.24) is 0 Å². The van der Waals surface area contributed by atoms with Gasteiger partial charge in [0.25, 0.3) is 0 Å². The molecule has 5 aromatic carbocycles. The number of rotatable bonds is 3. The lowest BCUT2D eigenvalue weighted by atomic mass is 9.61. The second-order valence-corrected chi connectivity index (χ2v) is 15.3. The number of hydrogen-bond acceptors (Lipinski definition) is 4. The molecule has 55 heavy (non-hydrogen) atoms. The summed E-state index contributed by atoms with van der Waals surface area (Å²) in [6.07, 6.45) is 9.88. The Labute approximate surface area is 318 Å². The van der Waals surface area contributed by atoms with Gasteiger partial charge in [0.1, 0.15) is 23.1 Å². The van der Waals surface area contributed by atoms with Crippen LogP contribution in [0, 0.1) is 11.6 Å². The minimum atomic E-state index is -1.17. The maximum atomic E-state index is 14.8. The molecule has 4 nitrogen and oxygen atoms in total. The van der Waals surface area contributed by atoms with Crippen molar-refractivity contribution in [1.29, 1.82) is 0 Å². The van der Waals surface area contributed by atoms with E-state index in [2.05, 4.69) is 68.3 Å². The average Bonchev–Trinajstić information content (AvgIpc) is 3.41. The van der Waals surface area contributed by atoms with Gasteiger partial charge in [-0.1, -0.05) is 117 Å². The second kappa shape index (κ2) is 12.1. The monoisotopic (exact) mass is 722 g/mol. The highest BCUT2D eigenvalue weighted by atomic mass is 19.1. The van der Waals surface area contributed by atoms with Crippen LogP contribution in [-0.2, 0) is 20.5 Å². The molecular weight excluding hydrogens is 687 g/mol. The zero-order valence-corrected chi connectivity index (χ0v) is 30.6. The third kappa shape index (κ3) is 4.80. The van der Waals surface area contributed by atoms with Gasteiger partial charge in [-0.25, -0.2) is 8.78 Å². The van der Waals surface area contributed by atoms with Crippen LogP contribution in [0.3, 0.4) is 0 Å². The Morgan fingerprint density at radius 3 is 1.95 bits per heavy atom. The van der Waals surface area contributed by atoms with E-state index in [9.17, 15) is 13.6 Å². The lowest BCUT2D eigenvalue weighted by Crippen LogP contribution is -2.38. The van der Waals surface area contributed by atoms with Crippen LogP contribution in [0.15, 0.2) is 179 Å². The number of halogens is 2. The Hall–Kier alpha value is -6.40. The Bertz CT molecular complexity index is 2610. The van der Waals surface area contributed by atoms with E-state index in [1.54, 1.807) is 24.3 Å². The summed E-state index contributed by atoms with van der Waals surface area (Å²) < 4.78 is 35.8. The highest BCUT2D eigenvalue weighted by molar-refractivity contribution is 6.53. The first-order valence-electron chi connectivity index (χ1n) is 18.6. The number of benzene rings is 5. The second-order valence-electron chi connectivity index (χ2n) is 15.3. The third-order valence-corrected chi connectivity index (χ3v) is 12.1. The summed E-state index contributed by atoms with van der Waals surface area (Å²) in [6.45, 7) is 4.38. The molecule has 0 spiro atoms. The number of para-hydroxylation sites is 1. The third-order valence-electron chi connectivity index (χ3n) is 12.1. The van der Waals surface area contributed by atoms with E-state index >= 15 is 0 Å². The van der Waals surface area contributed by atoms with Gasteiger partial charge in [-0.15, -0.1) is 0 Å². The zero-order chi connectivity index (χ0) is 37.6. The standard InChI is InChI=1S/C49H36F2N2O2/c1-48(2)40-14-8-9-15-41(40)53(3)42(48)28-52-45-36-13-7-6-12-35(36)43-38(46(45)54)24-25-39-44(43)34-11-5-4-10-33(34)37-26-27-49(55-47(37)39,29-16-20-31(50)21-17-29)30-18-22-32(51)23-19-30/h4-28,43-44H,1-3H3/b42-28-,52-45?. The highest BCUT2D eigenvalue weighted by Gasteiger charge is 2.49. The lowest BCUT2D eigenvalue weighted by Gasteiger charge is -2.45. The summed E-state index contributed by atoms with van der Waals surface area (Å²) >= 11 is 0. The van der Waals surface area contributed by atoms with Crippen molar-refractivity contribution >= 4 is 22.8 Å². The summed E-state index contributed by atoms with van der Waals surface area (Å²) in [5.41, 5.74) is 10.3. The van der Waals surface area contributed by atoms with Gasteiger partial charge in [0.2, 0.25) is 5.78 Å². The van der Waals surface area contributed by atoms with Crippen LogP contribution in [0.25, 0.3) is 5.57 Å². The summed E-state index contributed by atoms with van der Waals surface area (Å²) in [6, 6.07) is 37.3. The lowest BCUT2D eigenvalue weighted by molar-refractivity contribution is -0.110. The maximum Gasteiger partial charge on any atom is 0.208 e. The zero-order valence-electron chi connectivity index (χ0n) is 30.6. The molecule has 0 radical (unpaired) electrons. The van der Waals surface area contributed by atoms with Crippen LogP contribution >= 0.6 is 0 Å². The van der Waals surface area contributed by atoms with Crippen molar-refractivity contribution in [3.8, 4) is 0 Å². The number of ketones is 1. The van der Waals surface area contributed by atoms with Crippen LogP contribution in [0.2, 0.25) is 0 Å². The number of nitrogens with zero attached hydrogens (tertiary/aromatic N) is 2. The van der Waals surface area contributed by atoms with Gasteiger partial charge in [-0.3, -0.25) is 9.79 Å². The topological polar surface area (TPSA) is 41.9 Å². The van der Waals surface area contributed by atoms with Gasteiger partial charge in [0, 0.05) is 75.3 Å². The van der Waals surface area contributed by atoms with Gasteiger partial charge in [0.15, 0.2) is 5.60 Å². The molecule has 5 aliphatic rings. The molecule has 0 fully saturated rings. The van der Waals surface area contributed by atoms with Gasteiger partial charge in [0.05, 0.1) is 0 Å². The molecule has 6 heteroatoms. The van der Waals surface area contributed by atoms with E-state index in [0.717, 1.165) is 44.8 Å². The van der Waals surface area contributed by atoms with E-state index < -0.39 is 5.60 Å². The molecule has 2 heterocycles. The van der Waals surface area contributed by atoms with Crippen LogP contribution in [0.4, 0.5) is 14.5 Å².